The minimum absolute atomic E-state index is 0.124. The van der Waals surface area contributed by atoms with E-state index in [0.29, 0.717) is 16.9 Å². The van der Waals surface area contributed by atoms with Crippen LogP contribution in [0.25, 0.3) is 0 Å². The molecule has 0 fully saturated rings. The van der Waals surface area contributed by atoms with Crippen molar-refractivity contribution in [3.05, 3.63) is 95.1 Å². The SMILES string of the molecule is Cc1ccc(C(=O)N/N=C/c2ccc(OC(=O)c3cccc(F)c3)cc2)cn1. The standard InChI is InChI=1S/C21H16FN3O3/c1-14-5-8-17(13-23-14)20(26)25-24-12-15-6-9-19(10-7-15)28-21(27)16-3-2-4-18(22)11-16/h2-13H,1H3,(H,25,26)/b24-12+. The van der Waals surface area contributed by atoms with Gasteiger partial charge in [0.1, 0.15) is 11.6 Å². The Morgan fingerprint density at radius 3 is 2.54 bits per heavy atom. The summed E-state index contributed by atoms with van der Waals surface area (Å²) in [6.07, 6.45) is 2.93. The van der Waals surface area contributed by atoms with Gasteiger partial charge in [0.25, 0.3) is 5.91 Å². The minimum Gasteiger partial charge on any atom is -0.423 e. The molecule has 0 saturated heterocycles. The molecule has 0 unspecified atom stereocenters. The van der Waals surface area contributed by atoms with E-state index in [1.165, 1.54) is 30.6 Å². The Balaban J connectivity index is 1.56. The van der Waals surface area contributed by atoms with Gasteiger partial charge < -0.3 is 4.74 Å². The van der Waals surface area contributed by atoms with E-state index in [9.17, 15) is 14.0 Å². The molecular weight excluding hydrogens is 361 g/mol. The quantitative estimate of drug-likeness (QED) is 0.319. The average molecular weight is 377 g/mol. The molecule has 2 aromatic carbocycles. The lowest BCUT2D eigenvalue weighted by Gasteiger charge is -2.04. The predicted molar refractivity (Wildman–Crippen MR) is 102 cm³/mol. The van der Waals surface area contributed by atoms with Crippen LogP contribution in [-0.4, -0.2) is 23.1 Å². The maximum atomic E-state index is 13.2. The monoisotopic (exact) mass is 377 g/mol. The smallest absolute Gasteiger partial charge is 0.343 e. The predicted octanol–water partition coefficient (Wildman–Crippen LogP) is 3.51. The summed E-state index contributed by atoms with van der Waals surface area (Å²) < 4.78 is 18.4. The van der Waals surface area contributed by atoms with Crippen LogP contribution in [0, 0.1) is 12.7 Å². The van der Waals surface area contributed by atoms with Crippen molar-refractivity contribution in [2.24, 2.45) is 5.10 Å². The molecule has 3 rings (SSSR count). The molecule has 0 spiro atoms. The number of hydrogen-bond donors (Lipinski definition) is 1. The molecule has 3 aromatic rings. The van der Waals surface area contributed by atoms with Crippen molar-refractivity contribution < 1.29 is 18.7 Å². The number of hydrazone groups is 1. The van der Waals surface area contributed by atoms with E-state index in [1.807, 2.05) is 6.92 Å². The second-order valence-electron chi connectivity index (χ2n) is 5.86. The number of amides is 1. The maximum absolute atomic E-state index is 13.2. The summed E-state index contributed by atoms with van der Waals surface area (Å²) in [6.45, 7) is 1.83. The fourth-order valence-electron chi connectivity index (χ4n) is 2.24. The Hall–Kier alpha value is -3.87. The molecule has 0 saturated carbocycles. The number of rotatable bonds is 5. The van der Waals surface area contributed by atoms with E-state index in [4.69, 9.17) is 4.74 Å². The number of ether oxygens (including phenoxy) is 1. The van der Waals surface area contributed by atoms with Gasteiger partial charge in [-0.2, -0.15) is 5.10 Å². The van der Waals surface area contributed by atoms with Crippen LogP contribution in [-0.2, 0) is 0 Å². The largest absolute Gasteiger partial charge is 0.423 e. The number of nitrogens with zero attached hydrogens (tertiary/aromatic N) is 2. The van der Waals surface area contributed by atoms with Crippen molar-refractivity contribution in [1.82, 2.24) is 10.4 Å². The molecule has 7 heteroatoms. The number of carbonyl (C=O) groups excluding carboxylic acids is 2. The molecule has 6 nitrogen and oxygen atoms in total. The van der Waals surface area contributed by atoms with E-state index < -0.39 is 11.8 Å². The summed E-state index contributed by atoms with van der Waals surface area (Å²) in [6, 6.07) is 15.1. The Morgan fingerprint density at radius 2 is 1.86 bits per heavy atom. The highest BCUT2D eigenvalue weighted by molar-refractivity contribution is 5.94. The molecule has 1 amide bonds. The van der Waals surface area contributed by atoms with Gasteiger partial charge in [-0.3, -0.25) is 9.78 Å². The number of halogens is 1. The summed E-state index contributed by atoms with van der Waals surface area (Å²) in [7, 11) is 0. The van der Waals surface area contributed by atoms with Crippen LogP contribution in [0.15, 0.2) is 72.0 Å². The summed E-state index contributed by atoms with van der Waals surface area (Å²) in [5, 5.41) is 3.89. The van der Waals surface area contributed by atoms with Gasteiger partial charge in [0, 0.05) is 11.9 Å². The molecule has 0 radical (unpaired) electrons. The first-order valence-corrected chi connectivity index (χ1v) is 8.35. The Morgan fingerprint density at radius 1 is 1.07 bits per heavy atom. The van der Waals surface area contributed by atoms with Gasteiger partial charge in [-0.1, -0.05) is 6.07 Å². The molecule has 28 heavy (non-hydrogen) atoms. The maximum Gasteiger partial charge on any atom is 0.343 e. The minimum atomic E-state index is -0.653. The van der Waals surface area contributed by atoms with Gasteiger partial charge in [0.2, 0.25) is 0 Å². The first-order valence-electron chi connectivity index (χ1n) is 8.35. The van der Waals surface area contributed by atoms with Crippen LogP contribution in [0.5, 0.6) is 5.75 Å². The molecule has 0 bridgehead atoms. The first kappa shape index (κ1) is 18.9. The number of aromatic nitrogens is 1. The highest BCUT2D eigenvalue weighted by Crippen LogP contribution is 2.14. The molecule has 0 aliphatic rings. The molecule has 0 atom stereocenters. The number of hydrogen-bond acceptors (Lipinski definition) is 5. The highest BCUT2D eigenvalue weighted by Gasteiger charge is 2.09. The van der Waals surface area contributed by atoms with Crippen molar-refractivity contribution in [3.63, 3.8) is 0 Å². The fraction of sp³-hybridized carbons (Fsp3) is 0.0476. The number of carbonyl (C=O) groups is 2. The third-order valence-electron chi connectivity index (χ3n) is 3.70. The number of aryl methyl sites for hydroxylation is 1. The van der Waals surface area contributed by atoms with Crippen molar-refractivity contribution in [2.75, 3.05) is 0 Å². The average Bonchev–Trinajstić information content (AvgIpc) is 2.69. The molecule has 140 valence electrons. The van der Waals surface area contributed by atoms with Crippen molar-refractivity contribution in [3.8, 4) is 5.75 Å². The van der Waals surface area contributed by atoms with Crippen molar-refractivity contribution in [1.29, 1.82) is 0 Å². The lowest BCUT2D eigenvalue weighted by Crippen LogP contribution is -2.17. The molecule has 0 aliphatic carbocycles. The van der Waals surface area contributed by atoms with Gasteiger partial charge in [0.15, 0.2) is 0 Å². The van der Waals surface area contributed by atoms with Crippen molar-refractivity contribution >= 4 is 18.1 Å². The lowest BCUT2D eigenvalue weighted by molar-refractivity contribution is 0.0734. The Kier molecular flexibility index (Phi) is 5.86. The normalized spacial score (nSPS) is 10.6. The van der Waals surface area contributed by atoms with E-state index in [-0.39, 0.29) is 11.5 Å². The van der Waals surface area contributed by atoms with Gasteiger partial charge in [-0.05, 0) is 67.1 Å². The summed E-state index contributed by atoms with van der Waals surface area (Å²) in [5.41, 5.74) is 4.44. The molecular formula is C21H16FN3O3. The van der Waals surface area contributed by atoms with Gasteiger partial charge in [-0.25, -0.2) is 14.6 Å². The Labute approximate surface area is 160 Å². The lowest BCUT2D eigenvalue weighted by atomic mass is 10.2. The molecule has 1 N–H and O–H groups in total. The summed E-state index contributed by atoms with van der Waals surface area (Å²) >= 11 is 0. The number of pyridine rings is 1. The van der Waals surface area contributed by atoms with Crippen LogP contribution >= 0.6 is 0 Å². The first-order chi connectivity index (χ1) is 13.5. The van der Waals surface area contributed by atoms with Crippen LogP contribution in [0.2, 0.25) is 0 Å². The zero-order valence-electron chi connectivity index (χ0n) is 14.9. The second kappa shape index (κ2) is 8.68. The highest BCUT2D eigenvalue weighted by atomic mass is 19.1. The van der Waals surface area contributed by atoms with Gasteiger partial charge >= 0.3 is 5.97 Å². The summed E-state index contributed by atoms with van der Waals surface area (Å²) in [5.74, 6) is -1.23. The number of nitrogens with one attached hydrogen (secondary N) is 1. The van der Waals surface area contributed by atoms with Crippen LogP contribution < -0.4 is 10.2 Å². The number of esters is 1. The third-order valence-corrected chi connectivity index (χ3v) is 3.70. The van der Waals surface area contributed by atoms with E-state index in [1.54, 1.807) is 36.4 Å². The van der Waals surface area contributed by atoms with E-state index in [2.05, 4.69) is 15.5 Å². The molecule has 1 heterocycles. The van der Waals surface area contributed by atoms with Crippen molar-refractivity contribution in [2.45, 2.75) is 6.92 Å². The van der Waals surface area contributed by atoms with E-state index in [0.717, 1.165) is 11.8 Å². The van der Waals surface area contributed by atoms with Gasteiger partial charge in [0.05, 0.1) is 17.3 Å². The third kappa shape index (κ3) is 5.07. The van der Waals surface area contributed by atoms with E-state index >= 15 is 0 Å². The van der Waals surface area contributed by atoms with Gasteiger partial charge in [-0.15, -0.1) is 0 Å². The topological polar surface area (TPSA) is 80.6 Å². The fourth-order valence-corrected chi connectivity index (χ4v) is 2.24. The van der Waals surface area contributed by atoms with Crippen LogP contribution in [0.4, 0.5) is 4.39 Å². The number of benzene rings is 2. The summed E-state index contributed by atoms with van der Waals surface area (Å²) in [4.78, 5) is 28.0. The van der Waals surface area contributed by atoms with Crippen LogP contribution in [0.1, 0.15) is 32.0 Å². The zero-order valence-corrected chi connectivity index (χ0v) is 14.9. The van der Waals surface area contributed by atoms with Crippen LogP contribution in [0.3, 0.4) is 0 Å². The Bertz CT molecular complexity index is 1020. The molecule has 0 aliphatic heterocycles. The zero-order chi connectivity index (χ0) is 19.9. The second-order valence-corrected chi connectivity index (χ2v) is 5.86. The molecule has 1 aromatic heterocycles.